The van der Waals surface area contributed by atoms with Crippen LogP contribution in [0.1, 0.15) is 116 Å². The summed E-state index contributed by atoms with van der Waals surface area (Å²) in [5.74, 6) is 1.58. The average molecular weight is 903 g/mol. The van der Waals surface area contributed by atoms with E-state index in [0.717, 1.165) is 86.1 Å². The fourth-order valence-electron chi connectivity index (χ4n) is 11.3. The zero-order chi connectivity index (χ0) is 46.7. The fraction of sp³-hybridized carbons (Fsp3) is 0.520. The summed E-state index contributed by atoms with van der Waals surface area (Å²) in [4.78, 5) is 75.2. The SMILES string of the molecule is CC[C@H](C)[C@@H](C(=O)N1[C@@H](C)CC[C@H]1c1nc2ccc3cc4c(cc3c2[nH]1)OCc1cc(-c2cnc([C@@H]3CC[C@H](C)N3C(=O)[C@@H](NC(=O)OC)C3C[C@@H](C)O[C@H](C)C3)[nH]2)ccc1-4)N(C)C(=O)O. The number of methoxy groups -OCH3 is 1. The first-order valence-electron chi connectivity index (χ1n) is 23.5. The Labute approximate surface area is 384 Å². The van der Waals surface area contributed by atoms with Crippen molar-refractivity contribution in [1.29, 1.82) is 0 Å². The minimum atomic E-state index is -1.12. The summed E-state index contributed by atoms with van der Waals surface area (Å²) in [5, 5.41) is 14.7. The number of amides is 4. The van der Waals surface area contributed by atoms with Crippen LogP contribution in [0.2, 0.25) is 0 Å². The van der Waals surface area contributed by atoms with Crippen molar-refractivity contribution in [2.75, 3.05) is 14.2 Å². The molecule has 4 aliphatic rings. The molecule has 3 fully saturated rings. The Morgan fingerprint density at radius 1 is 0.909 bits per heavy atom. The first-order chi connectivity index (χ1) is 31.6. The van der Waals surface area contributed by atoms with Gasteiger partial charge in [0.15, 0.2) is 0 Å². The standard InChI is InChI=1S/C50H62N8O8/c1-9-25(2)44(56(7)50(62)63)48(60)58-27(4)11-17-40(58)46-52-37-15-13-30-21-36-34-14-12-31(20-33(34)24-65-41(36)22-35(30)43(37)54-46)38-23-51-45(53-38)39-16-10-26(3)57(39)47(59)42(55-49(61)64-8)32-18-28(5)66-29(6)19-32/h12-15,20-23,25-29,32,39-40,42,44H,9-11,16-19,24H2,1-8H3,(H,51,53)(H,52,54)(H,55,61)(H,62,63)/t25-,26-,27-,28+,29+,39-,40-,42-,44-/m0/s1. The van der Waals surface area contributed by atoms with Crippen LogP contribution in [0.15, 0.2) is 48.7 Å². The first-order valence-corrected chi connectivity index (χ1v) is 23.5. The van der Waals surface area contributed by atoms with E-state index in [1.54, 1.807) is 0 Å². The summed E-state index contributed by atoms with van der Waals surface area (Å²) in [5.41, 5.74) is 6.52. The molecule has 0 saturated carbocycles. The van der Waals surface area contributed by atoms with E-state index in [1.807, 2.05) is 56.7 Å². The Bertz CT molecular complexity index is 2670. The molecule has 2 aromatic heterocycles. The lowest BCUT2D eigenvalue weighted by Gasteiger charge is -2.39. The quantitative estimate of drug-likeness (QED) is 0.105. The Kier molecular flexibility index (Phi) is 12.2. The third kappa shape index (κ3) is 8.11. The number of H-pyrrole nitrogens is 2. The molecule has 4 aliphatic heterocycles. The van der Waals surface area contributed by atoms with Gasteiger partial charge in [0.05, 0.1) is 54.3 Å². The van der Waals surface area contributed by atoms with E-state index in [0.29, 0.717) is 37.5 Å². The highest BCUT2D eigenvalue weighted by Gasteiger charge is 2.45. The summed E-state index contributed by atoms with van der Waals surface area (Å²) in [6.45, 7) is 12.3. The summed E-state index contributed by atoms with van der Waals surface area (Å²) in [6, 6.07) is 12.4. The maximum atomic E-state index is 14.5. The van der Waals surface area contributed by atoms with Gasteiger partial charge < -0.3 is 44.4 Å². The van der Waals surface area contributed by atoms with Crippen LogP contribution in [0.25, 0.3) is 44.2 Å². The second kappa shape index (κ2) is 17.9. The van der Waals surface area contributed by atoms with E-state index in [2.05, 4.69) is 58.6 Å². The zero-order valence-corrected chi connectivity index (χ0v) is 39.1. The van der Waals surface area contributed by atoms with E-state index in [9.17, 15) is 24.3 Å². The number of ether oxygens (including phenoxy) is 3. The van der Waals surface area contributed by atoms with Gasteiger partial charge >= 0.3 is 12.2 Å². The molecule has 0 unspecified atom stereocenters. The number of likely N-dealkylation sites (N-methyl/N-ethyl adjacent to an activating group) is 1. The molecule has 4 N–H and O–H groups in total. The van der Waals surface area contributed by atoms with Crippen LogP contribution < -0.4 is 10.1 Å². The minimum Gasteiger partial charge on any atom is -0.488 e. The van der Waals surface area contributed by atoms with Crippen LogP contribution in [0, 0.1) is 11.8 Å². The molecule has 9 rings (SSSR count). The molecule has 66 heavy (non-hydrogen) atoms. The van der Waals surface area contributed by atoms with Gasteiger partial charge in [-0.05, 0) is 124 Å². The molecule has 4 amide bonds. The molecular formula is C50H62N8O8. The lowest BCUT2D eigenvalue weighted by atomic mass is 9.85. The highest BCUT2D eigenvalue weighted by Crippen LogP contribution is 2.44. The molecule has 16 heteroatoms. The molecule has 0 spiro atoms. The number of hydrogen-bond donors (Lipinski definition) is 4. The normalized spacial score (nSPS) is 25.2. The number of likely N-dealkylation sites (tertiary alicyclic amines) is 2. The molecule has 350 valence electrons. The minimum absolute atomic E-state index is 0.0332. The monoisotopic (exact) mass is 902 g/mol. The van der Waals surface area contributed by atoms with Crippen molar-refractivity contribution in [3.63, 3.8) is 0 Å². The number of rotatable bonds is 10. The largest absolute Gasteiger partial charge is 0.488 e. The number of nitrogens with zero attached hydrogens (tertiary/aromatic N) is 5. The Morgan fingerprint density at radius 3 is 2.29 bits per heavy atom. The molecule has 0 radical (unpaired) electrons. The molecular weight excluding hydrogens is 841 g/mol. The lowest BCUT2D eigenvalue weighted by molar-refractivity contribution is -0.141. The van der Waals surface area contributed by atoms with Crippen molar-refractivity contribution in [2.24, 2.45) is 11.8 Å². The van der Waals surface area contributed by atoms with Crippen LogP contribution in [0.4, 0.5) is 9.59 Å². The van der Waals surface area contributed by atoms with E-state index in [-0.39, 0.29) is 60.0 Å². The summed E-state index contributed by atoms with van der Waals surface area (Å²) in [7, 11) is 2.79. The van der Waals surface area contributed by atoms with E-state index >= 15 is 0 Å². The number of aromatic nitrogens is 4. The molecule has 16 nitrogen and oxygen atoms in total. The molecule has 0 aliphatic carbocycles. The summed E-state index contributed by atoms with van der Waals surface area (Å²) < 4.78 is 17.4. The van der Waals surface area contributed by atoms with E-state index < -0.39 is 24.3 Å². The van der Waals surface area contributed by atoms with Crippen LogP contribution in [0.3, 0.4) is 0 Å². The molecule has 3 aromatic carbocycles. The number of carbonyl (C=O) groups excluding carboxylic acids is 3. The van der Waals surface area contributed by atoms with Crippen LogP contribution in [-0.2, 0) is 25.7 Å². The predicted octanol–water partition coefficient (Wildman–Crippen LogP) is 8.72. The molecule has 9 atom stereocenters. The zero-order valence-electron chi connectivity index (χ0n) is 39.1. The van der Waals surface area contributed by atoms with Crippen molar-refractivity contribution in [3.8, 4) is 28.1 Å². The smallest absolute Gasteiger partial charge is 0.407 e. The van der Waals surface area contributed by atoms with Crippen molar-refractivity contribution < 1.29 is 38.5 Å². The van der Waals surface area contributed by atoms with Gasteiger partial charge in [-0.2, -0.15) is 0 Å². The third-order valence-corrected chi connectivity index (χ3v) is 14.8. The van der Waals surface area contributed by atoms with Crippen molar-refractivity contribution in [2.45, 2.75) is 142 Å². The number of benzene rings is 3. The van der Waals surface area contributed by atoms with Gasteiger partial charge in [0.1, 0.15) is 36.1 Å². The van der Waals surface area contributed by atoms with Crippen molar-refractivity contribution >= 4 is 45.8 Å². The van der Waals surface area contributed by atoms with Gasteiger partial charge in [-0.3, -0.25) is 14.5 Å². The van der Waals surface area contributed by atoms with Gasteiger partial charge in [0.25, 0.3) is 0 Å². The van der Waals surface area contributed by atoms with Gasteiger partial charge in [0, 0.05) is 30.1 Å². The number of imidazole rings is 2. The van der Waals surface area contributed by atoms with Crippen LogP contribution in [0.5, 0.6) is 5.75 Å². The topological polar surface area (TPSA) is 195 Å². The Hall–Kier alpha value is -6.16. The predicted molar refractivity (Wildman–Crippen MR) is 249 cm³/mol. The molecule has 6 heterocycles. The number of aromatic amines is 2. The number of carboxylic acid groups (broad SMARTS) is 1. The highest BCUT2D eigenvalue weighted by molar-refractivity contribution is 6.07. The number of carbonyl (C=O) groups is 4. The Morgan fingerprint density at radius 2 is 1.61 bits per heavy atom. The number of hydrogen-bond acceptors (Lipinski definition) is 9. The molecule has 0 bridgehead atoms. The number of nitrogens with one attached hydrogen (secondary N) is 3. The maximum absolute atomic E-state index is 14.5. The maximum Gasteiger partial charge on any atom is 0.407 e. The van der Waals surface area contributed by atoms with Crippen LogP contribution >= 0.6 is 0 Å². The number of fused-ring (bicyclic) bond motifs is 6. The molecule has 3 saturated heterocycles. The highest BCUT2D eigenvalue weighted by atomic mass is 16.5. The average Bonchev–Trinajstić information content (AvgIpc) is 4.12. The summed E-state index contributed by atoms with van der Waals surface area (Å²) in [6.07, 6.45) is 5.03. The van der Waals surface area contributed by atoms with Gasteiger partial charge in [-0.15, -0.1) is 0 Å². The lowest BCUT2D eigenvalue weighted by Crippen LogP contribution is -2.55. The van der Waals surface area contributed by atoms with Gasteiger partial charge in [-0.1, -0.05) is 38.5 Å². The fourth-order valence-corrected chi connectivity index (χ4v) is 11.3. The summed E-state index contributed by atoms with van der Waals surface area (Å²) >= 11 is 0. The Balaban J connectivity index is 0.963. The third-order valence-electron chi connectivity index (χ3n) is 14.8. The molecule has 5 aromatic rings. The van der Waals surface area contributed by atoms with E-state index in [4.69, 9.17) is 24.2 Å². The van der Waals surface area contributed by atoms with Crippen molar-refractivity contribution in [1.82, 2.24) is 40.0 Å². The number of alkyl carbamates (subject to hydrolysis) is 1. The second-order valence-electron chi connectivity index (χ2n) is 19.2. The first kappa shape index (κ1) is 45.0. The van der Waals surface area contributed by atoms with Gasteiger partial charge in [0.2, 0.25) is 11.8 Å². The van der Waals surface area contributed by atoms with Crippen molar-refractivity contribution in [3.05, 3.63) is 65.9 Å². The van der Waals surface area contributed by atoms with Gasteiger partial charge in [-0.25, -0.2) is 19.6 Å². The van der Waals surface area contributed by atoms with Crippen LogP contribution in [-0.4, -0.2) is 114 Å². The van der Waals surface area contributed by atoms with E-state index in [1.165, 1.54) is 14.2 Å². The second-order valence-corrected chi connectivity index (χ2v) is 19.2.